The monoisotopic (exact) mass is 407 g/mol. The number of benzene rings is 2. The summed E-state index contributed by atoms with van der Waals surface area (Å²) in [6.07, 6.45) is 4.14. The van der Waals surface area contributed by atoms with Crippen LogP contribution >= 0.6 is 0 Å². The summed E-state index contributed by atoms with van der Waals surface area (Å²) in [7, 11) is 8.03. The van der Waals surface area contributed by atoms with E-state index in [0.717, 1.165) is 43.5 Å². The second kappa shape index (κ2) is 7.95. The average molecular weight is 408 g/mol. The highest BCUT2D eigenvalue weighted by Crippen LogP contribution is 2.48. The highest BCUT2D eigenvalue weighted by atomic mass is 16.5. The number of hydrogen-bond acceptors (Lipinski definition) is 3. The summed E-state index contributed by atoms with van der Waals surface area (Å²) in [4.78, 5) is 19.5. The van der Waals surface area contributed by atoms with Gasteiger partial charge in [-0.3, -0.25) is 4.90 Å². The Kier molecular flexibility index (Phi) is 5.49. The summed E-state index contributed by atoms with van der Waals surface area (Å²) in [5.74, 6) is 0.841. The largest absolute Gasteiger partial charge is 0.497 e. The number of urea groups is 1. The first-order valence-electron chi connectivity index (χ1n) is 10.8. The Morgan fingerprint density at radius 1 is 0.967 bits per heavy atom. The molecule has 2 aromatic rings. The van der Waals surface area contributed by atoms with Crippen molar-refractivity contribution < 1.29 is 9.53 Å². The van der Waals surface area contributed by atoms with Crippen molar-refractivity contribution in [3.8, 4) is 5.75 Å². The van der Waals surface area contributed by atoms with Gasteiger partial charge in [0.1, 0.15) is 5.75 Å². The van der Waals surface area contributed by atoms with Gasteiger partial charge in [0.05, 0.1) is 12.6 Å². The van der Waals surface area contributed by atoms with Gasteiger partial charge in [-0.15, -0.1) is 0 Å². The van der Waals surface area contributed by atoms with E-state index in [0.29, 0.717) is 6.54 Å². The molecule has 2 aliphatic rings. The van der Waals surface area contributed by atoms with Crippen molar-refractivity contribution in [1.29, 1.82) is 0 Å². The molecule has 160 valence electrons. The van der Waals surface area contributed by atoms with Crippen molar-refractivity contribution in [2.24, 2.45) is 0 Å². The predicted molar refractivity (Wildman–Crippen MR) is 120 cm³/mol. The van der Waals surface area contributed by atoms with Crippen LogP contribution in [0.2, 0.25) is 0 Å². The molecule has 4 rings (SSSR count). The maximum absolute atomic E-state index is 13.1. The Bertz CT molecular complexity index is 871. The van der Waals surface area contributed by atoms with Crippen LogP contribution in [0.5, 0.6) is 5.75 Å². The molecule has 2 fully saturated rings. The molecule has 0 aromatic heterocycles. The van der Waals surface area contributed by atoms with Crippen molar-refractivity contribution >= 4 is 6.03 Å². The van der Waals surface area contributed by atoms with Gasteiger partial charge in [-0.25, -0.2) is 4.79 Å². The van der Waals surface area contributed by atoms with Crippen molar-refractivity contribution in [3.63, 3.8) is 0 Å². The zero-order chi connectivity index (χ0) is 21.4. The molecule has 30 heavy (non-hydrogen) atoms. The van der Waals surface area contributed by atoms with E-state index in [1.165, 1.54) is 5.56 Å². The number of nitrogens with zero attached hydrogens (tertiary/aromatic N) is 3. The van der Waals surface area contributed by atoms with E-state index in [9.17, 15) is 4.79 Å². The van der Waals surface area contributed by atoms with Crippen LogP contribution in [0.25, 0.3) is 0 Å². The Morgan fingerprint density at radius 2 is 1.60 bits per heavy atom. The first-order valence-corrected chi connectivity index (χ1v) is 10.8. The van der Waals surface area contributed by atoms with Crippen molar-refractivity contribution in [2.75, 3.05) is 34.8 Å². The van der Waals surface area contributed by atoms with Crippen LogP contribution in [0.3, 0.4) is 0 Å². The fraction of sp³-hybridized carbons (Fsp3) is 0.480. The van der Waals surface area contributed by atoms with Crippen LogP contribution in [-0.4, -0.2) is 61.1 Å². The molecule has 1 aliphatic carbocycles. The number of ether oxygens (including phenoxy) is 1. The lowest BCUT2D eigenvalue weighted by atomic mass is 9.68. The molecular formula is C25H33N3O2. The van der Waals surface area contributed by atoms with Gasteiger partial charge < -0.3 is 14.5 Å². The molecule has 2 aromatic carbocycles. The zero-order valence-corrected chi connectivity index (χ0v) is 18.6. The Morgan fingerprint density at radius 3 is 2.17 bits per heavy atom. The first-order chi connectivity index (χ1) is 14.4. The van der Waals surface area contributed by atoms with E-state index in [2.05, 4.69) is 49.3 Å². The van der Waals surface area contributed by atoms with Crippen LogP contribution in [-0.2, 0) is 12.1 Å². The quantitative estimate of drug-likeness (QED) is 0.740. The molecule has 0 N–H and O–H groups in total. The van der Waals surface area contributed by atoms with E-state index < -0.39 is 0 Å². The van der Waals surface area contributed by atoms with Gasteiger partial charge in [0.15, 0.2) is 0 Å². The number of likely N-dealkylation sites (N-methyl/N-ethyl adjacent to an activating group) is 1. The summed E-state index contributed by atoms with van der Waals surface area (Å²) < 4.78 is 5.25. The van der Waals surface area contributed by atoms with Crippen LogP contribution in [0, 0.1) is 0 Å². The van der Waals surface area contributed by atoms with Crippen LogP contribution in [0.1, 0.15) is 36.8 Å². The van der Waals surface area contributed by atoms with E-state index >= 15 is 0 Å². The van der Waals surface area contributed by atoms with Crippen LogP contribution in [0.15, 0.2) is 54.6 Å². The number of rotatable bonds is 5. The summed E-state index contributed by atoms with van der Waals surface area (Å²) in [5, 5.41) is 0. The minimum absolute atomic E-state index is 0.0415. The normalized spacial score (nSPS) is 26.6. The molecule has 5 heteroatoms. The van der Waals surface area contributed by atoms with E-state index in [1.807, 2.05) is 41.1 Å². The number of carbonyl (C=O) groups is 1. The fourth-order valence-electron chi connectivity index (χ4n) is 5.38. The molecule has 1 aliphatic heterocycles. The van der Waals surface area contributed by atoms with Crippen molar-refractivity contribution in [1.82, 2.24) is 14.7 Å². The topological polar surface area (TPSA) is 36.0 Å². The highest BCUT2D eigenvalue weighted by molar-refractivity contribution is 5.78. The molecule has 1 heterocycles. The first kappa shape index (κ1) is 20.7. The lowest BCUT2D eigenvalue weighted by molar-refractivity contribution is 0.0319. The molecule has 2 amide bonds. The van der Waals surface area contributed by atoms with Crippen molar-refractivity contribution in [3.05, 3.63) is 65.7 Å². The van der Waals surface area contributed by atoms with E-state index in [-0.39, 0.29) is 17.1 Å². The fourth-order valence-corrected chi connectivity index (χ4v) is 5.38. The molecular weight excluding hydrogens is 374 g/mol. The summed E-state index contributed by atoms with van der Waals surface area (Å²) in [6, 6.07) is 19.0. The van der Waals surface area contributed by atoms with Gasteiger partial charge in [-0.05, 0) is 63.0 Å². The summed E-state index contributed by atoms with van der Waals surface area (Å²) >= 11 is 0. The summed E-state index contributed by atoms with van der Waals surface area (Å²) in [6.45, 7) is 1.44. The van der Waals surface area contributed by atoms with Crippen LogP contribution < -0.4 is 4.74 Å². The smallest absolute Gasteiger partial charge is 0.320 e. The maximum atomic E-state index is 13.1. The van der Waals surface area contributed by atoms with E-state index in [1.54, 1.807) is 7.11 Å². The Hall–Kier alpha value is -2.53. The Labute approximate surface area is 180 Å². The van der Waals surface area contributed by atoms with Crippen LogP contribution in [0.4, 0.5) is 4.79 Å². The van der Waals surface area contributed by atoms with Gasteiger partial charge >= 0.3 is 6.03 Å². The molecule has 1 spiro atoms. The molecule has 1 saturated heterocycles. The Balaban J connectivity index is 1.51. The minimum Gasteiger partial charge on any atom is -0.497 e. The van der Waals surface area contributed by atoms with E-state index in [4.69, 9.17) is 4.74 Å². The second-order valence-electron chi connectivity index (χ2n) is 9.06. The predicted octanol–water partition coefficient (Wildman–Crippen LogP) is 4.33. The molecule has 0 bridgehead atoms. The minimum atomic E-state index is -0.0716. The molecule has 0 radical (unpaired) electrons. The van der Waals surface area contributed by atoms with Gasteiger partial charge in [0, 0.05) is 25.7 Å². The molecule has 0 atom stereocenters. The molecule has 0 unspecified atom stereocenters. The van der Waals surface area contributed by atoms with Gasteiger partial charge in [-0.2, -0.15) is 0 Å². The lowest BCUT2D eigenvalue weighted by Crippen LogP contribution is -2.54. The standard InChI is InChI=1S/C25H33N3O2/c1-26(2)25(21-8-6-5-7-9-21)16-14-24(15-17-25)19-28(23(29)27(24)3)18-20-10-12-22(30-4)13-11-20/h5-13H,14-19H2,1-4H3/t24-,25+. The number of methoxy groups -OCH3 is 1. The van der Waals surface area contributed by atoms with Gasteiger partial charge in [0.2, 0.25) is 0 Å². The van der Waals surface area contributed by atoms with Gasteiger partial charge in [0.25, 0.3) is 0 Å². The number of carbonyl (C=O) groups excluding carboxylic acids is 1. The SMILES string of the molecule is COc1ccc(CN2C[C@]3(CC[C@](c4ccccc4)(N(C)C)CC3)N(C)C2=O)cc1. The van der Waals surface area contributed by atoms with Crippen molar-refractivity contribution in [2.45, 2.75) is 43.3 Å². The average Bonchev–Trinajstić information content (AvgIpc) is 3.00. The second-order valence-corrected chi connectivity index (χ2v) is 9.06. The van der Waals surface area contributed by atoms with Gasteiger partial charge in [-0.1, -0.05) is 42.5 Å². The highest BCUT2D eigenvalue weighted by Gasteiger charge is 2.53. The lowest BCUT2D eigenvalue weighted by Gasteiger charge is -2.50. The molecule has 1 saturated carbocycles. The third-order valence-electron chi connectivity index (χ3n) is 7.46. The number of hydrogen-bond donors (Lipinski definition) is 0. The maximum Gasteiger partial charge on any atom is 0.320 e. The molecule has 5 nitrogen and oxygen atoms in total. The third kappa shape index (κ3) is 3.45. The third-order valence-corrected chi connectivity index (χ3v) is 7.46. The number of amides is 2. The zero-order valence-electron chi connectivity index (χ0n) is 18.6. The summed E-state index contributed by atoms with van der Waals surface area (Å²) in [5.41, 5.74) is 2.49.